The first kappa shape index (κ1) is 13.5. The van der Waals surface area contributed by atoms with Crippen molar-refractivity contribution in [2.75, 3.05) is 13.1 Å². The molecule has 0 saturated carbocycles. The highest BCUT2D eigenvalue weighted by molar-refractivity contribution is 5.81. The van der Waals surface area contributed by atoms with Crippen LogP contribution >= 0.6 is 0 Å². The van der Waals surface area contributed by atoms with Gasteiger partial charge in [-0.3, -0.25) is 4.79 Å². The Bertz CT molecular complexity index is 238. The second kappa shape index (κ2) is 5.67. The molecule has 1 heterocycles. The third kappa shape index (κ3) is 3.78. The number of carbonyl (C=O) groups excluding carboxylic acids is 1. The summed E-state index contributed by atoms with van der Waals surface area (Å²) >= 11 is 0. The molecular formula is C13H26N2O. The van der Waals surface area contributed by atoms with Crippen molar-refractivity contribution in [3.8, 4) is 0 Å². The number of hydrogen-bond donors (Lipinski definition) is 1. The predicted octanol–water partition coefficient (Wildman–Crippen LogP) is 2.15. The minimum Gasteiger partial charge on any atom is -0.341 e. The lowest BCUT2D eigenvalue weighted by Gasteiger charge is -2.25. The summed E-state index contributed by atoms with van der Waals surface area (Å²) in [5.74, 6) is 0.152. The Hall–Kier alpha value is -0.570. The molecule has 1 amide bonds. The van der Waals surface area contributed by atoms with E-state index in [1.165, 1.54) is 6.42 Å². The summed E-state index contributed by atoms with van der Waals surface area (Å²) in [6.07, 6.45) is 5.19. The maximum absolute atomic E-state index is 12.1. The van der Waals surface area contributed by atoms with Crippen molar-refractivity contribution in [3.05, 3.63) is 0 Å². The second-order valence-corrected chi connectivity index (χ2v) is 5.74. The molecule has 0 aromatic rings. The van der Waals surface area contributed by atoms with Crippen LogP contribution in [0.3, 0.4) is 0 Å². The van der Waals surface area contributed by atoms with Gasteiger partial charge >= 0.3 is 0 Å². The van der Waals surface area contributed by atoms with Gasteiger partial charge in [-0.15, -0.1) is 0 Å². The summed E-state index contributed by atoms with van der Waals surface area (Å²) in [5, 5.41) is 0. The van der Waals surface area contributed by atoms with E-state index >= 15 is 0 Å². The zero-order valence-electron chi connectivity index (χ0n) is 11.0. The maximum Gasteiger partial charge on any atom is 0.239 e. The Morgan fingerprint density at radius 2 is 2.06 bits per heavy atom. The van der Waals surface area contributed by atoms with Crippen molar-refractivity contribution in [1.29, 1.82) is 0 Å². The van der Waals surface area contributed by atoms with Gasteiger partial charge in [0.2, 0.25) is 5.91 Å². The van der Waals surface area contributed by atoms with E-state index in [1.807, 2.05) is 4.90 Å². The zero-order chi connectivity index (χ0) is 12.2. The molecule has 0 aromatic carbocycles. The van der Waals surface area contributed by atoms with Crippen molar-refractivity contribution in [1.82, 2.24) is 4.90 Å². The average Bonchev–Trinajstić information content (AvgIpc) is 2.39. The fourth-order valence-electron chi connectivity index (χ4n) is 2.31. The third-order valence-electron chi connectivity index (χ3n) is 3.57. The van der Waals surface area contributed by atoms with E-state index in [9.17, 15) is 4.79 Å². The Morgan fingerprint density at radius 3 is 2.69 bits per heavy atom. The number of carbonyl (C=O) groups is 1. The number of likely N-dealkylation sites (tertiary alicyclic amines) is 1. The molecule has 0 aromatic heterocycles. The van der Waals surface area contributed by atoms with E-state index < -0.39 is 0 Å². The maximum atomic E-state index is 12.1. The summed E-state index contributed by atoms with van der Waals surface area (Å²) in [4.78, 5) is 14.0. The standard InChI is InChI=1S/C13H26N2O/c1-4-6-11(14)12(16)15-9-5-7-13(2,3)8-10-15/h11H,4-10,14H2,1-3H3. The Kier molecular flexibility index (Phi) is 4.78. The first-order valence-electron chi connectivity index (χ1n) is 6.50. The summed E-state index contributed by atoms with van der Waals surface area (Å²) in [6.45, 7) is 8.40. The second-order valence-electron chi connectivity index (χ2n) is 5.74. The monoisotopic (exact) mass is 226 g/mol. The Labute approximate surface area is 99.4 Å². The number of nitrogens with two attached hydrogens (primary N) is 1. The molecule has 1 aliphatic rings. The summed E-state index contributed by atoms with van der Waals surface area (Å²) in [7, 11) is 0. The molecule has 0 bridgehead atoms. The van der Waals surface area contributed by atoms with E-state index in [-0.39, 0.29) is 11.9 Å². The van der Waals surface area contributed by atoms with Gasteiger partial charge < -0.3 is 10.6 Å². The molecule has 1 rings (SSSR count). The average molecular weight is 226 g/mol. The molecule has 0 aliphatic carbocycles. The molecule has 1 aliphatic heterocycles. The minimum atomic E-state index is -0.286. The highest BCUT2D eigenvalue weighted by atomic mass is 16.2. The van der Waals surface area contributed by atoms with Crippen molar-refractivity contribution < 1.29 is 4.79 Å². The normalized spacial score (nSPS) is 22.6. The topological polar surface area (TPSA) is 46.3 Å². The van der Waals surface area contributed by atoms with Crippen LogP contribution in [0.4, 0.5) is 0 Å². The summed E-state index contributed by atoms with van der Waals surface area (Å²) in [6, 6.07) is -0.286. The van der Waals surface area contributed by atoms with Crippen LogP contribution in [-0.2, 0) is 4.79 Å². The number of amides is 1. The van der Waals surface area contributed by atoms with Crippen LogP contribution in [0.15, 0.2) is 0 Å². The van der Waals surface area contributed by atoms with Gasteiger partial charge in [0.25, 0.3) is 0 Å². The van der Waals surface area contributed by atoms with Crippen LogP contribution in [0.25, 0.3) is 0 Å². The summed E-state index contributed by atoms with van der Waals surface area (Å²) in [5.41, 5.74) is 6.26. The first-order valence-corrected chi connectivity index (χ1v) is 6.50. The van der Waals surface area contributed by atoms with Gasteiger partial charge in [-0.2, -0.15) is 0 Å². The fraction of sp³-hybridized carbons (Fsp3) is 0.923. The smallest absolute Gasteiger partial charge is 0.239 e. The first-order chi connectivity index (χ1) is 7.46. The number of hydrogen-bond acceptors (Lipinski definition) is 2. The van der Waals surface area contributed by atoms with E-state index in [0.29, 0.717) is 5.41 Å². The fourth-order valence-corrected chi connectivity index (χ4v) is 2.31. The van der Waals surface area contributed by atoms with Gasteiger partial charge in [-0.1, -0.05) is 27.2 Å². The van der Waals surface area contributed by atoms with Crippen molar-refractivity contribution in [2.45, 2.75) is 58.9 Å². The van der Waals surface area contributed by atoms with Crippen molar-refractivity contribution in [2.24, 2.45) is 11.1 Å². The Morgan fingerprint density at radius 1 is 1.38 bits per heavy atom. The highest BCUT2D eigenvalue weighted by Crippen LogP contribution is 2.29. The van der Waals surface area contributed by atoms with E-state index in [4.69, 9.17) is 5.73 Å². The van der Waals surface area contributed by atoms with Crippen molar-refractivity contribution in [3.63, 3.8) is 0 Å². The van der Waals surface area contributed by atoms with E-state index in [1.54, 1.807) is 0 Å². The van der Waals surface area contributed by atoms with Crippen molar-refractivity contribution >= 4 is 5.91 Å². The molecule has 0 spiro atoms. The van der Waals surface area contributed by atoms with Gasteiger partial charge in [0.15, 0.2) is 0 Å². The molecule has 0 radical (unpaired) electrons. The van der Waals surface area contributed by atoms with Crippen LogP contribution in [0.2, 0.25) is 0 Å². The molecule has 94 valence electrons. The molecule has 3 heteroatoms. The molecule has 16 heavy (non-hydrogen) atoms. The Balaban J connectivity index is 2.51. The van der Waals surface area contributed by atoms with E-state index in [2.05, 4.69) is 20.8 Å². The molecular weight excluding hydrogens is 200 g/mol. The lowest BCUT2D eigenvalue weighted by molar-refractivity contribution is -0.132. The quantitative estimate of drug-likeness (QED) is 0.801. The predicted molar refractivity (Wildman–Crippen MR) is 67.1 cm³/mol. The van der Waals surface area contributed by atoms with Gasteiger partial charge in [0.1, 0.15) is 0 Å². The molecule has 1 unspecified atom stereocenters. The molecule has 1 atom stereocenters. The minimum absolute atomic E-state index is 0.152. The van der Waals surface area contributed by atoms with Gasteiger partial charge in [0, 0.05) is 13.1 Å². The summed E-state index contributed by atoms with van der Waals surface area (Å²) < 4.78 is 0. The van der Waals surface area contributed by atoms with Crippen LogP contribution in [-0.4, -0.2) is 29.9 Å². The van der Waals surface area contributed by atoms with Gasteiger partial charge in [-0.25, -0.2) is 0 Å². The van der Waals surface area contributed by atoms with Gasteiger partial charge in [-0.05, 0) is 31.1 Å². The largest absolute Gasteiger partial charge is 0.341 e. The zero-order valence-corrected chi connectivity index (χ0v) is 11.0. The lowest BCUT2D eigenvalue weighted by Crippen LogP contribution is -2.44. The highest BCUT2D eigenvalue weighted by Gasteiger charge is 2.27. The number of nitrogens with zero attached hydrogens (tertiary/aromatic N) is 1. The van der Waals surface area contributed by atoms with Crippen LogP contribution in [0.1, 0.15) is 52.9 Å². The lowest BCUT2D eigenvalue weighted by atomic mass is 9.85. The number of rotatable bonds is 3. The van der Waals surface area contributed by atoms with Crippen LogP contribution < -0.4 is 5.73 Å². The van der Waals surface area contributed by atoms with E-state index in [0.717, 1.165) is 38.8 Å². The van der Waals surface area contributed by atoms with Crippen LogP contribution in [0.5, 0.6) is 0 Å². The molecule has 3 nitrogen and oxygen atoms in total. The van der Waals surface area contributed by atoms with Crippen LogP contribution in [0, 0.1) is 5.41 Å². The SMILES string of the molecule is CCCC(N)C(=O)N1CCCC(C)(C)CC1. The molecule has 1 saturated heterocycles. The third-order valence-corrected chi connectivity index (χ3v) is 3.57. The molecule has 2 N–H and O–H groups in total. The van der Waals surface area contributed by atoms with Gasteiger partial charge in [0.05, 0.1) is 6.04 Å². The molecule has 1 fully saturated rings.